The average molecular weight is 630 g/mol. The van der Waals surface area contributed by atoms with Crippen LogP contribution >= 0.6 is 11.3 Å². The summed E-state index contributed by atoms with van der Waals surface area (Å²) in [6.07, 6.45) is 0. The van der Waals surface area contributed by atoms with Crippen molar-refractivity contribution < 1.29 is 0 Å². The van der Waals surface area contributed by atoms with Crippen LogP contribution in [0.15, 0.2) is 188 Å². The molecular formula is C46H31NS. The maximum Gasteiger partial charge on any atom is 0.0540 e. The Bertz CT molecular complexity index is 2530. The quantitative estimate of drug-likeness (QED) is 0.177. The predicted octanol–water partition coefficient (Wildman–Crippen LogP) is 13.7. The van der Waals surface area contributed by atoms with Crippen LogP contribution in [-0.4, -0.2) is 0 Å². The van der Waals surface area contributed by atoms with E-state index in [-0.39, 0.29) is 0 Å². The van der Waals surface area contributed by atoms with Crippen LogP contribution < -0.4 is 4.90 Å². The minimum absolute atomic E-state index is 1.12. The first-order chi connectivity index (χ1) is 23.8. The van der Waals surface area contributed by atoms with E-state index in [9.17, 15) is 0 Å². The molecule has 0 amide bonds. The molecule has 9 rings (SSSR count). The summed E-state index contributed by atoms with van der Waals surface area (Å²) >= 11 is 1.87. The van der Waals surface area contributed by atoms with Crippen LogP contribution in [0.1, 0.15) is 0 Å². The highest BCUT2D eigenvalue weighted by Gasteiger charge is 2.19. The number of rotatable bonds is 6. The van der Waals surface area contributed by atoms with Crippen molar-refractivity contribution in [2.24, 2.45) is 0 Å². The average Bonchev–Trinajstić information content (AvgIpc) is 3.55. The maximum atomic E-state index is 2.42. The van der Waals surface area contributed by atoms with Gasteiger partial charge in [-0.2, -0.15) is 0 Å². The third-order valence-corrected chi connectivity index (χ3v) is 10.4. The lowest BCUT2D eigenvalue weighted by atomic mass is 9.98. The zero-order chi connectivity index (χ0) is 31.9. The number of anilines is 3. The Kier molecular flexibility index (Phi) is 7.07. The fourth-order valence-corrected chi connectivity index (χ4v) is 8.02. The minimum Gasteiger partial charge on any atom is -0.310 e. The van der Waals surface area contributed by atoms with Crippen molar-refractivity contribution in [3.8, 4) is 33.4 Å². The van der Waals surface area contributed by atoms with Crippen molar-refractivity contribution in [3.05, 3.63) is 188 Å². The van der Waals surface area contributed by atoms with Crippen LogP contribution in [0, 0.1) is 0 Å². The van der Waals surface area contributed by atoms with Gasteiger partial charge in [0.05, 0.1) is 5.69 Å². The molecule has 8 aromatic carbocycles. The Morgan fingerprint density at radius 1 is 0.354 bits per heavy atom. The monoisotopic (exact) mass is 629 g/mol. The molecule has 0 spiro atoms. The molecule has 2 heteroatoms. The Hall–Kier alpha value is -5.96. The lowest BCUT2D eigenvalue weighted by Crippen LogP contribution is -2.11. The molecule has 226 valence electrons. The molecule has 0 N–H and O–H groups in total. The van der Waals surface area contributed by atoms with E-state index >= 15 is 0 Å². The maximum absolute atomic E-state index is 2.42. The Balaban J connectivity index is 1.23. The predicted molar refractivity (Wildman–Crippen MR) is 208 cm³/mol. The Morgan fingerprint density at radius 3 is 1.62 bits per heavy atom. The van der Waals surface area contributed by atoms with Crippen LogP contribution in [0.2, 0.25) is 0 Å². The summed E-state index contributed by atoms with van der Waals surface area (Å²) in [5.41, 5.74) is 10.6. The van der Waals surface area contributed by atoms with Gasteiger partial charge >= 0.3 is 0 Å². The largest absolute Gasteiger partial charge is 0.310 e. The molecule has 0 saturated heterocycles. The van der Waals surface area contributed by atoms with Gasteiger partial charge in [0.15, 0.2) is 0 Å². The van der Waals surface area contributed by atoms with Gasteiger partial charge in [-0.1, -0.05) is 146 Å². The Morgan fingerprint density at radius 2 is 0.896 bits per heavy atom. The van der Waals surface area contributed by atoms with Gasteiger partial charge in [-0.15, -0.1) is 11.3 Å². The molecule has 0 saturated carbocycles. The third kappa shape index (κ3) is 5.04. The van der Waals surface area contributed by atoms with E-state index < -0.39 is 0 Å². The molecule has 0 unspecified atom stereocenters. The zero-order valence-corrected chi connectivity index (χ0v) is 27.1. The molecule has 1 nitrogen and oxygen atoms in total. The van der Waals surface area contributed by atoms with Crippen molar-refractivity contribution in [3.63, 3.8) is 0 Å². The molecule has 1 heterocycles. The molecule has 0 radical (unpaired) electrons. The number of nitrogens with zero attached hydrogens (tertiary/aromatic N) is 1. The SMILES string of the molecule is c1ccc(-c2ccc(-c3ccccc3N(c3ccc(-c4ccccc4)cc3)c3ccc4sc5ccc6ccccc6c5c4c3)cc2)cc1. The molecule has 9 aromatic rings. The second-order valence-electron chi connectivity index (χ2n) is 12.2. The number of fused-ring (bicyclic) bond motifs is 5. The van der Waals surface area contributed by atoms with Crippen LogP contribution in [0.25, 0.3) is 64.3 Å². The first-order valence-electron chi connectivity index (χ1n) is 16.3. The van der Waals surface area contributed by atoms with Crippen LogP contribution in [0.4, 0.5) is 17.1 Å². The lowest BCUT2D eigenvalue weighted by molar-refractivity contribution is 1.29. The molecule has 0 aliphatic heterocycles. The zero-order valence-electron chi connectivity index (χ0n) is 26.3. The summed E-state index contributed by atoms with van der Waals surface area (Å²) in [5.74, 6) is 0. The molecule has 0 bridgehead atoms. The van der Waals surface area contributed by atoms with Crippen molar-refractivity contribution in [1.29, 1.82) is 0 Å². The molecule has 0 aliphatic rings. The highest BCUT2D eigenvalue weighted by molar-refractivity contribution is 7.26. The third-order valence-electron chi connectivity index (χ3n) is 9.28. The van der Waals surface area contributed by atoms with Crippen molar-refractivity contribution >= 4 is 59.3 Å². The van der Waals surface area contributed by atoms with Crippen LogP contribution in [-0.2, 0) is 0 Å². The van der Waals surface area contributed by atoms with Crippen LogP contribution in [0.5, 0.6) is 0 Å². The minimum atomic E-state index is 1.12. The molecule has 48 heavy (non-hydrogen) atoms. The van der Waals surface area contributed by atoms with Gasteiger partial charge in [0.2, 0.25) is 0 Å². The van der Waals surface area contributed by atoms with Gasteiger partial charge in [-0.3, -0.25) is 0 Å². The van der Waals surface area contributed by atoms with Crippen molar-refractivity contribution in [1.82, 2.24) is 0 Å². The van der Waals surface area contributed by atoms with E-state index in [0.717, 1.165) is 17.1 Å². The fraction of sp³-hybridized carbons (Fsp3) is 0. The molecule has 0 fully saturated rings. The standard InChI is InChI=1S/C46H31NS/c1-3-11-32(12-4-1)34-19-21-37(22-20-34)40-16-9-10-18-43(40)47(38-26-23-35(24-27-38)33-13-5-2-6-14-33)39-28-30-44-42(31-39)46-41-17-8-7-15-36(41)25-29-45(46)48-44/h1-31H. The molecule has 0 aliphatic carbocycles. The van der Waals surface area contributed by atoms with Crippen molar-refractivity contribution in [2.75, 3.05) is 4.90 Å². The van der Waals surface area contributed by atoms with Crippen molar-refractivity contribution in [2.45, 2.75) is 0 Å². The first kappa shape index (κ1) is 28.3. The fourth-order valence-electron chi connectivity index (χ4n) is 6.92. The Labute approximate surface area is 284 Å². The van der Waals surface area contributed by atoms with E-state index in [4.69, 9.17) is 0 Å². The summed E-state index contributed by atoms with van der Waals surface area (Å²) < 4.78 is 2.62. The number of hydrogen-bond donors (Lipinski definition) is 0. The van der Waals surface area contributed by atoms with Gasteiger partial charge < -0.3 is 4.90 Å². The van der Waals surface area contributed by atoms with Gasteiger partial charge in [0.25, 0.3) is 0 Å². The van der Waals surface area contributed by atoms with Gasteiger partial charge in [-0.25, -0.2) is 0 Å². The highest BCUT2D eigenvalue weighted by atomic mass is 32.1. The summed E-state index contributed by atoms with van der Waals surface area (Å²) in [7, 11) is 0. The molecule has 0 atom stereocenters. The van der Waals surface area contributed by atoms with Crippen LogP contribution in [0.3, 0.4) is 0 Å². The smallest absolute Gasteiger partial charge is 0.0540 e. The van der Waals surface area contributed by atoms with Gasteiger partial charge in [0.1, 0.15) is 0 Å². The summed E-state index contributed by atoms with van der Waals surface area (Å²) in [6.45, 7) is 0. The normalized spacial score (nSPS) is 11.3. The first-order valence-corrected chi connectivity index (χ1v) is 17.2. The second kappa shape index (κ2) is 12.0. The van der Waals surface area contributed by atoms with E-state index in [0.29, 0.717) is 0 Å². The highest BCUT2D eigenvalue weighted by Crippen LogP contribution is 2.45. The van der Waals surface area contributed by atoms with E-state index in [1.165, 1.54) is 64.3 Å². The van der Waals surface area contributed by atoms with Gasteiger partial charge in [-0.05, 0) is 81.1 Å². The summed E-state index contributed by atoms with van der Waals surface area (Å²) in [4.78, 5) is 2.42. The molecular weight excluding hydrogens is 599 g/mol. The number of benzene rings is 8. The number of para-hydroxylation sites is 1. The lowest BCUT2D eigenvalue weighted by Gasteiger charge is -2.28. The number of hydrogen-bond acceptors (Lipinski definition) is 2. The molecule has 1 aromatic heterocycles. The summed E-state index contributed by atoms with van der Waals surface area (Å²) in [6, 6.07) is 68.1. The van der Waals surface area contributed by atoms with Gasteiger partial charge in [0, 0.05) is 37.1 Å². The van der Waals surface area contributed by atoms with E-state index in [1.807, 2.05) is 11.3 Å². The second-order valence-corrected chi connectivity index (χ2v) is 13.2. The topological polar surface area (TPSA) is 3.24 Å². The number of thiophene rings is 1. The van der Waals surface area contributed by atoms with E-state index in [1.54, 1.807) is 0 Å². The van der Waals surface area contributed by atoms with E-state index in [2.05, 4.69) is 193 Å². The summed E-state index contributed by atoms with van der Waals surface area (Å²) in [5, 5.41) is 5.20.